The topological polar surface area (TPSA) is 60.8 Å². The lowest BCUT2D eigenvalue weighted by atomic mass is 9.81. The molecule has 2 atom stereocenters. The normalized spacial score (nSPS) is 26.0. The molecular formula is C15H21NO3. The number of piperidine rings is 1. The first-order valence-electron chi connectivity index (χ1n) is 6.73. The van der Waals surface area contributed by atoms with E-state index < -0.39 is 17.5 Å². The fourth-order valence-electron chi connectivity index (χ4n) is 2.71. The molecule has 0 bridgehead atoms. The first-order chi connectivity index (χ1) is 9.01. The van der Waals surface area contributed by atoms with Crippen LogP contribution >= 0.6 is 0 Å². The molecule has 1 aromatic rings. The number of carbonyl (C=O) groups is 1. The first-order valence-corrected chi connectivity index (χ1v) is 6.73. The van der Waals surface area contributed by atoms with E-state index in [4.69, 9.17) is 5.11 Å². The molecule has 0 aliphatic carbocycles. The summed E-state index contributed by atoms with van der Waals surface area (Å²) in [5.74, 6) is -1.66. The molecule has 0 radical (unpaired) electrons. The molecule has 4 heteroatoms. The highest BCUT2D eigenvalue weighted by Crippen LogP contribution is 2.29. The van der Waals surface area contributed by atoms with Crippen LogP contribution in [0.15, 0.2) is 30.3 Å². The number of aliphatic hydroxyl groups is 1. The summed E-state index contributed by atoms with van der Waals surface area (Å²) < 4.78 is 0. The Morgan fingerprint density at radius 2 is 2.11 bits per heavy atom. The van der Waals surface area contributed by atoms with Crippen molar-refractivity contribution in [2.75, 3.05) is 13.1 Å². The maximum atomic E-state index is 11.1. The summed E-state index contributed by atoms with van der Waals surface area (Å²) in [6.07, 6.45) is 1.40. The number of rotatable bonds is 4. The molecule has 1 aliphatic heterocycles. The summed E-state index contributed by atoms with van der Waals surface area (Å²) in [5, 5.41) is 19.6. The number of nitrogens with zero attached hydrogens (tertiary/aromatic N) is 1. The lowest BCUT2D eigenvalue weighted by Gasteiger charge is -2.41. The van der Waals surface area contributed by atoms with Crippen LogP contribution in [0, 0.1) is 5.92 Å². The van der Waals surface area contributed by atoms with Gasteiger partial charge in [0.25, 0.3) is 0 Å². The van der Waals surface area contributed by atoms with E-state index in [9.17, 15) is 9.90 Å². The van der Waals surface area contributed by atoms with Crippen molar-refractivity contribution in [1.29, 1.82) is 0 Å². The van der Waals surface area contributed by atoms with Crippen molar-refractivity contribution in [3.63, 3.8) is 0 Å². The summed E-state index contributed by atoms with van der Waals surface area (Å²) >= 11 is 0. The smallest absolute Gasteiger partial charge is 0.309 e. The van der Waals surface area contributed by atoms with Crippen molar-refractivity contribution in [3.8, 4) is 0 Å². The standard InChI is InChI=1S/C15H21NO3/c1-12(14(17)18)15(19)8-5-9-16(11-15)10-13-6-3-2-4-7-13/h2-4,6-7,12,19H,5,8-11H2,1H3,(H,17,18). The number of hydrogen-bond acceptors (Lipinski definition) is 3. The predicted octanol–water partition coefficient (Wildman–Crippen LogP) is 1.73. The molecule has 0 saturated carbocycles. The Morgan fingerprint density at radius 3 is 2.74 bits per heavy atom. The van der Waals surface area contributed by atoms with E-state index in [2.05, 4.69) is 4.90 Å². The first kappa shape index (κ1) is 14.0. The zero-order valence-corrected chi connectivity index (χ0v) is 11.2. The molecule has 19 heavy (non-hydrogen) atoms. The van der Waals surface area contributed by atoms with Gasteiger partial charge in [0, 0.05) is 13.1 Å². The second-order valence-corrected chi connectivity index (χ2v) is 5.46. The number of β-amino-alcohol motifs (C(OH)–C–C–N with tert-alkyl or cyclic N) is 1. The zero-order valence-electron chi connectivity index (χ0n) is 11.2. The van der Waals surface area contributed by atoms with E-state index in [1.807, 2.05) is 30.3 Å². The van der Waals surface area contributed by atoms with Crippen LogP contribution in [0.25, 0.3) is 0 Å². The Morgan fingerprint density at radius 1 is 1.42 bits per heavy atom. The average Bonchev–Trinajstić information content (AvgIpc) is 2.39. The maximum absolute atomic E-state index is 11.1. The number of hydrogen-bond donors (Lipinski definition) is 2. The molecule has 0 aromatic heterocycles. The summed E-state index contributed by atoms with van der Waals surface area (Å²) in [4.78, 5) is 13.2. The molecular weight excluding hydrogens is 242 g/mol. The largest absolute Gasteiger partial charge is 0.481 e. The number of carboxylic acid groups (broad SMARTS) is 1. The third-order valence-corrected chi connectivity index (χ3v) is 4.01. The van der Waals surface area contributed by atoms with Gasteiger partial charge in [-0.2, -0.15) is 0 Å². The summed E-state index contributed by atoms with van der Waals surface area (Å²) in [6, 6.07) is 10.1. The van der Waals surface area contributed by atoms with Crippen LogP contribution in [0.1, 0.15) is 25.3 Å². The quantitative estimate of drug-likeness (QED) is 0.868. The van der Waals surface area contributed by atoms with Crippen molar-refractivity contribution in [1.82, 2.24) is 4.90 Å². The summed E-state index contributed by atoms with van der Waals surface area (Å²) in [6.45, 7) is 3.68. The Bertz CT molecular complexity index is 434. The van der Waals surface area contributed by atoms with Gasteiger partial charge >= 0.3 is 5.97 Å². The number of benzene rings is 1. The molecule has 1 saturated heterocycles. The minimum atomic E-state index is -1.11. The van der Waals surface area contributed by atoms with Gasteiger partial charge in [0.1, 0.15) is 0 Å². The minimum Gasteiger partial charge on any atom is -0.481 e. The maximum Gasteiger partial charge on any atom is 0.309 e. The van der Waals surface area contributed by atoms with Crippen LogP contribution in [-0.4, -0.2) is 39.8 Å². The van der Waals surface area contributed by atoms with E-state index in [0.717, 1.165) is 19.5 Å². The molecule has 2 unspecified atom stereocenters. The molecule has 2 rings (SSSR count). The van der Waals surface area contributed by atoms with Gasteiger partial charge in [0.05, 0.1) is 11.5 Å². The van der Waals surface area contributed by atoms with Crippen molar-refractivity contribution < 1.29 is 15.0 Å². The van der Waals surface area contributed by atoms with E-state index >= 15 is 0 Å². The number of carboxylic acids is 1. The highest BCUT2D eigenvalue weighted by atomic mass is 16.4. The average molecular weight is 263 g/mol. The van der Waals surface area contributed by atoms with Gasteiger partial charge < -0.3 is 10.2 Å². The van der Waals surface area contributed by atoms with Gasteiger partial charge in [0.2, 0.25) is 0 Å². The molecule has 104 valence electrons. The monoisotopic (exact) mass is 263 g/mol. The lowest BCUT2D eigenvalue weighted by molar-refractivity contribution is -0.155. The van der Waals surface area contributed by atoms with Gasteiger partial charge in [-0.25, -0.2) is 0 Å². The molecule has 1 fully saturated rings. The second-order valence-electron chi connectivity index (χ2n) is 5.46. The van der Waals surface area contributed by atoms with Crippen LogP contribution in [-0.2, 0) is 11.3 Å². The Hall–Kier alpha value is -1.39. The molecule has 1 aromatic carbocycles. The van der Waals surface area contributed by atoms with Gasteiger partial charge in [-0.3, -0.25) is 9.69 Å². The fraction of sp³-hybridized carbons (Fsp3) is 0.533. The van der Waals surface area contributed by atoms with Gasteiger partial charge in [-0.1, -0.05) is 30.3 Å². The molecule has 1 aliphatic rings. The van der Waals surface area contributed by atoms with E-state index in [0.29, 0.717) is 13.0 Å². The van der Waals surface area contributed by atoms with Crippen LogP contribution in [0.5, 0.6) is 0 Å². The molecule has 4 nitrogen and oxygen atoms in total. The van der Waals surface area contributed by atoms with Gasteiger partial charge in [-0.05, 0) is 31.9 Å². The Labute approximate surface area is 113 Å². The van der Waals surface area contributed by atoms with Gasteiger partial charge in [0.15, 0.2) is 0 Å². The molecule has 1 heterocycles. The van der Waals surface area contributed by atoms with Crippen molar-refractivity contribution in [2.24, 2.45) is 5.92 Å². The third kappa shape index (κ3) is 3.33. The lowest BCUT2D eigenvalue weighted by Crippen LogP contribution is -2.53. The predicted molar refractivity (Wildman–Crippen MR) is 72.7 cm³/mol. The number of likely N-dealkylation sites (tertiary alicyclic amines) is 1. The Balaban J connectivity index is 2.03. The van der Waals surface area contributed by atoms with Crippen LogP contribution in [0.3, 0.4) is 0 Å². The second kappa shape index (κ2) is 5.72. The van der Waals surface area contributed by atoms with E-state index in [1.165, 1.54) is 5.56 Å². The molecule has 0 amide bonds. The highest BCUT2D eigenvalue weighted by molar-refractivity contribution is 5.71. The highest BCUT2D eigenvalue weighted by Gasteiger charge is 2.41. The SMILES string of the molecule is CC(C(=O)O)C1(O)CCCN(Cc2ccccc2)C1. The van der Waals surface area contributed by atoms with Crippen LogP contribution in [0.4, 0.5) is 0 Å². The van der Waals surface area contributed by atoms with Crippen molar-refractivity contribution >= 4 is 5.97 Å². The minimum absolute atomic E-state index is 0.426. The zero-order chi connectivity index (χ0) is 13.9. The van der Waals surface area contributed by atoms with Crippen molar-refractivity contribution in [3.05, 3.63) is 35.9 Å². The summed E-state index contributed by atoms with van der Waals surface area (Å²) in [7, 11) is 0. The van der Waals surface area contributed by atoms with E-state index in [1.54, 1.807) is 6.92 Å². The van der Waals surface area contributed by atoms with Gasteiger partial charge in [-0.15, -0.1) is 0 Å². The summed E-state index contributed by atoms with van der Waals surface area (Å²) in [5.41, 5.74) is 0.0773. The Kier molecular flexibility index (Phi) is 4.22. The van der Waals surface area contributed by atoms with Crippen molar-refractivity contribution in [2.45, 2.75) is 31.9 Å². The number of aliphatic carboxylic acids is 1. The fourth-order valence-corrected chi connectivity index (χ4v) is 2.71. The molecule has 0 spiro atoms. The van der Waals surface area contributed by atoms with Crippen LogP contribution < -0.4 is 0 Å². The molecule has 2 N–H and O–H groups in total. The third-order valence-electron chi connectivity index (χ3n) is 4.01. The van der Waals surface area contributed by atoms with E-state index in [-0.39, 0.29) is 0 Å². The van der Waals surface area contributed by atoms with Crippen LogP contribution in [0.2, 0.25) is 0 Å².